The topological polar surface area (TPSA) is 6.48 Å². The summed E-state index contributed by atoms with van der Waals surface area (Å²) in [5.74, 6) is 0. The molecule has 0 bridgehead atoms. The highest BCUT2D eigenvalue weighted by atomic mass is 15.1. The monoisotopic (exact) mass is 572 g/mol. The van der Waals surface area contributed by atoms with Crippen LogP contribution in [0.1, 0.15) is 33.4 Å². The number of hydrogen-bond donors (Lipinski definition) is 0. The van der Waals surface area contributed by atoms with Gasteiger partial charge in [-0.05, 0) is 82.6 Å². The molecule has 0 aliphatic heterocycles. The molecule has 0 aliphatic carbocycles. The van der Waals surface area contributed by atoms with E-state index in [1.165, 1.54) is 55.9 Å². The molecule has 218 valence electrons. The van der Waals surface area contributed by atoms with E-state index >= 15 is 0 Å². The Bertz CT molecular complexity index is 1550. The average Bonchev–Trinajstić information content (AvgIpc) is 3.06. The van der Waals surface area contributed by atoms with Crippen LogP contribution < -0.4 is 9.80 Å². The maximum absolute atomic E-state index is 2.47. The molecule has 0 radical (unpaired) electrons. The first-order chi connectivity index (χ1) is 21.6. The second kappa shape index (κ2) is 13.9. The van der Waals surface area contributed by atoms with Crippen LogP contribution in [0.5, 0.6) is 0 Å². The summed E-state index contributed by atoms with van der Waals surface area (Å²) in [6.07, 6.45) is 0. The van der Waals surface area contributed by atoms with Gasteiger partial charge in [-0.1, -0.05) is 133 Å². The van der Waals surface area contributed by atoms with Gasteiger partial charge in [-0.3, -0.25) is 0 Å². The van der Waals surface area contributed by atoms with Gasteiger partial charge < -0.3 is 9.80 Å². The summed E-state index contributed by atoms with van der Waals surface area (Å²) in [4.78, 5) is 4.95. The molecule has 0 aliphatic rings. The molecule has 0 aromatic heterocycles. The van der Waals surface area contributed by atoms with Crippen LogP contribution in [0, 0.1) is 13.8 Å². The van der Waals surface area contributed by atoms with Gasteiger partial charge in [0.05, 0.1) is 0 Å². The lowest BCUT2D eigenvalue weighted by molar-refractivity contribution is 0.799. The van der Waals surface area contributed by atoms with E-state index in [2.05, 4.69) is 181 Å². The molecule has 2 heteroatoms. The van der Waals surface area contributed by atoms with Crippen molar-refractivity contribution in [2.45, 2.75) is 40.0 Å². The van der Waals surface area contributed by atoms with Crippen LogP contribution in [0.2, 0.25) is 0 Å². The SMILES string of the molecule is Cc1cc(N(Cc2ccccc2)Cc2ccccc2)ccc1-c1ccc(N(Cc2ccccc2)Cc2ccccc2)cc1C. The van der Waals surface area contributed by atoms with Crippen LogP contribution in [0.15, 0.2) is 158 Å². The van der Waals surface area contributed by atoms with Crippen molar-refractivity contribution in [3.63, 3.8) is 0 Å². The lowest BCUT2D eigenvalue weighted by Gasteiger charge is -2.27. The Hall–Kier alpha value is -5.08. The van der Waals surface area contributed by atoms with Gasteiger partial charge in [0.2, 0.25) is 0 Å². The maximum Gasteiger partial charge on any atom is 0.0433 e. The van der Waals surface area contributed by atoms with Crippen molar-refractivity contribution in [3.8, 4) is 11.1 Å². The Labute approximate surface area is 262 Å². The number of aryl methyl sites for hydroxylation is 2. The Balaban J connectivity index is 1.28. The van der Waals surface area contributed by atoms with E-state index in [9.17, 15) is 0 Å². The van der Waals surface area contributed by atoms with Gasteiger partial charge in [-0.15, -0.1) is 0 Å². The zero-order chi connectivity index (χ0) is 30.1. The third-order valence-electron chi connectivity index (χ3n) is 8.31. The summed E-state index contributed by atoms with van der Waals surface area (Å²) in [7, 11) is 0. The molecule has 2 nitrogen and oxygen atoms in total. The maximum atomic E-state index is 2.47. The van der Waals surface area contributed by atoms with Gasteiger partial charge in [-0.2, -0.15) is 0 Å². The van der Waals surface area contributed by atoms with Crippen molar-refractivity contribution in [1.82, 2.24) is 0 Å². The lowest BCUT2D eigenvalue weighted by atomic mass is 9.95. The molecule has 0 heterocycles. The number of rotatable bonds is 11. The predicted octanol–water partition coefficient (Wildman–Crippen LogP) is 10.4. The highest BCUT2D eigenvalue weighted by Crippen LogP contribution is 2.33. The van der Waals surface area contributed by atoms with Gasteiger partial charge in [0.25, 0.3) is 0 Å². The van der Waals surface area contributed by atoms with E-state index in [1.807, 2.05) is 0 Å². The largest absolute Gasteiger partial charge is 0.363 e. The number of nitrogens with zero attached hydrogens (tertiary/aromatic N) is 2. The van der Waals surface area contributed by atoms with Crippen molar-refractivity contribution >= 4 is 11.4 Å². The molecule has 0 atom stereocenters. The highest BCUT2D eigenvalue weighted by Gasteiger charge is 2.15. The van der Waals surface area contributed by atoms with E-state index < -0.39 is 0 Å². The fraction of sp³-hybridized carbons (Fsp3) is 0.143. The Morgan fingerprint density at radius 2 is 0.614 bits per heavy atom. The minimum Gasteiger partial charge on any atom is -0.363 e. The molecule has 44 heavy (non-hydrogen) atoms. The minimum atomic E-state index is 0.862. The normalized spacial score (nSPS) is 10.9. The predicted molar refractivity (Wildman–Crippen MR) is 187 cm³/mol. The van der Waals surface area contributed by atoms with Gasteiger partial charge in [-0.25, -0.2) is 0 Å². The first kappa shape index (κ1) is 29.0. The Morgan fingerprint density at radius 1 is 0.341 bits per heavy atom. The van der Waals surface area contributed by atoms with Crippen LogP contribution in [0.4, 0.5) is 11.4 Å². The van der Waals surface area contributed by atoms with E-state index in [0.717, 1.165) is 26.2 Å². The van der Waals surface area contributed by atoms with E-state index in [-0.39, 0.29) is 0 Å². The van der Waals surface area contributed by atoms with Gasteiger partial charge in [0.1, 0.15) is 0 Å². The summed E-state index contributed by atoms with van der Waals surface area (Å²) in [6, 6.07) is 56.9. The summed E-state index contributed by atoms with van der Waals surface area (Å²) in [5, 5.41) is 0. The van der Waals surface area contributed by atoms with Crippen LogP contribution in [0.25, 0.3) is 11.1 Å². The third-order valence-corrected chi connectivity index (χ3v) is 8.31. The zero-order valence-electron chi connectivity index (χ0n) is 25.7. The highest BCUT2D eigenvalue weighted by molar-refractivity contribution is 5.75. The fourth-order valence-corrected chi connectivity index (χ4v) is 5.99. The fourth-order valence-electron chi connectivity index (χ4n) is 5.99. The minimum absolute atomic E-state index is 0.862. The van der Waals surface area contributed by atoms with Gasteiger partial charge in [0.15, 0.2) is 0 Å². The smallest absolute Gasteiger partial charge is 0.0433 e. The Morgan fingerprint density at radius 3 is 0.864 bits per heavy atom. The average molecular weight is 573 g/mol. The van der Waals surface area contributed by atoms with E-state index in [4.69, 9.17) is 0 Å². The molecule has 0 saturated heterocycles. The van der Waals surface area contributed by atoms with Crippen LogP contribution >= 0.6 is 0 Å². The van der Waals surface area contributed by atoms with E-state index in [0.29, 0.717) is 0 Å². The van der Waals surface area contributed by atoms with Crippen molar-refractivity contribution in [2.75, 3.05) is 9.80 Å². The standard InChI is InChI=1S/C42H40N2/c1-33-27-39(43(29-35-15-7-3-8-16-35)30-36-17-9-4-10-18-36)23-25-41(33)42-26-24-40(28-34(42)2)44(31-37-19-11-5-12-20-37)32-38-21-13-6-14-22-38/h3-28H,29-32H2,1-2H3. The lowest BCUT2D eigenvalue weighted by Crippen LogP contribution is -2.22. The number of hydrogen-bond acceptors (Lipinski definition) is 2. The molecule has 0 spiro atoms. The molecule has 6 aromatic rings. The second-order valence-electron chi connectivity index (χ2n) is 11.7. The molecule has 0 N–H and O–H groups in total. The number of anilines is 2. The second-order valence-corrected chi connectivity index (χ2v) is 11.7. The summed E-state index contributed by atoms with van der Waals surface area (Å²) >= 11 is 0. The third kappa shape index (κ3) is 7.27. The molecule has 6 aromatic carbocycles. The first-order valence-electron chi connectivity index (χ1n) is 15.5. The van der Waals surface area contributed by atoms with E-state index in [1.54, 1.807) is 0 Å². The quantitative estimate of drug-likeness (QED) is 0.152. The van der Waals surface area contributed by atoms with Crippen LogP contribution in [-0.4, -0.2) is 0 Å². The number of benzene rings is 6. The Kier molecular flexibility index (Phi) is 9.18. The van der Waals surface area contributed by atoms with Gasteiger partial charge in [0, 0.05) is 37.6 Å². The van der Waals surface area contributed by atoms with Crippen molar-refractivity contribution in [3.05, 3.63) is 191 Å². The molecular formula is C42H40N2. The molecule has 0 fully saturated rings. The van der Waals surface area contributed by atoms with Crippen molar-refractivity contribution < 1.29 is 0 Å². The van der Waals surface area contributed by atoms with Crippen LogP contribution in [-0.2, 0) is 26.2 Å². The summed E-state index contributed by atoms with van der Waals surface area (Å²) in [5.41, 5.74) is 12.9. The summed E-state index contributed by atoms with van der Waals surface area (Å²) < 4.78 is 0. The van der Waals surface area contributed by atoms with Crippen LogP contribution in [0.3, 0.4) is 0 Å². The first-order valence-corrected chi connectivity index (χ1v) is 15.5. The molecule has 0 unspecified atom stereocenters. The molecule has 0 amide bonds. The van der Waals surface area contributed by atoms with Crippen molar-refractivity contribution in [2.24, 2.45) is 0 Å². The summed E-state index contributed by atoms with van der Waals surface area (Å²) in [6.45, 7) is 7.93. The van der Waals surface area contributed by atoms with Crippen molar-refractivity contribution in [1.29, 1.82) is 0 Å². The molecule has 6 rings (SSSR count). The zero-order valence-corrected chi connectivity index (χ0v) is 25.7. The molecule has 0 saturated carbocycles. The molecular weight excluding hydrogens is 532 g/mol. The van der Waals surface area contributed by atoms with Gasteiger partial charge >= 0.3 is 0 Å².